The van der Waals surface area contributed by atoms with Crippen molar-refractivity contribution in [3.63, 3.8) is 0 Å². The van der Waals surface area contributed by atoms with Crippen LogP contribution in [0.2, 0.25) is 0 Å². The van der Waals surface area contributed by atoms with Gasteiger partial charge in [-0.25, -0.2) is 0 Å². The van der Waals surface area contributed by atoms with Gasteiger partial charge in [0.1, 0.15) is 0 Å². The molecule has 1 fully saturated rings. The normalized spacial score (nSPS) is 25.3. The summed E-state index contributed by atoms with van der Waals surface area (Å²) in [5, 5.41) is 1.02. The van der Waals surface area contributed by atoms with Crippen LogP contribution in [0.3, 0.4) is 0 Å². The van der Waals surface area contributed by atoms with E-state index < -0.39 is 0 Å². The van der Waals surface area contributed by atoms with Gasteiger partial charge in [0.05, 0.1) is 0 Å². The summed E-state index contributed by atoms with van der Waals surface area (Å²) in [6.45, 7) is 3.55. The van der Waals surface area contributed by atoms with Crippen LogP contribution in [0, 0.1) is 5.92 Å². The maximum absolute atomic E-state index is 11.0. The number of nitrogens with zero attached hydrogens (tertiary/aromatic N) is 1. The Balaban J connectivity index is 2.39. The van der Waals surface area contributed by atoms with Crippen molar-refractivity contribution in [1.29, 1.82) is 0 Å². The van der Waals surface area contributed by atoms with Crippen LogP contribution < -0.4 is 0 Å². The van der Waals surface area contributed by atoms with Crippen LogP contribution in [0.1, 0.15) is 19.8 Å². The Hall–Kier alpha value is -0.0500. The fourth-order valence-corrected chi connectivity index (χ4v) is 2.01. The van der Waals surface area contributed by atoms with Gasteiger partial charge in [-0.15, -0.1) is 0 Å². The summed E-state index contributed by atoms with van der Waals surface area (Å²) in [5.41, 5.74) is 0. The number of carbonyl (C=O) groups excluding carboxylic acids is 1. The number of hydrogen-bond acceptors (Lipinski definition) is 1. The summed E-state index contributed by atoms with van der Waals surface area (Å²) in [7, 11) is 0. The van der Waals surface area contributed by atoms with Crippen molar-refractivity contribution >= 4 is 21.8 Å². The summed E-state index contributed by atoms with van der Waals surface area (Å²) >= 11 is 3.45. The van der Waals surface area contributed by atoms with E-state index in [0.29, 0.717) is 5.92 Å². The minimum Gasteiger partial charge on any atom is -0.343 e. The number of hydrogen-bond donors (Lipinski definition) is 0. The van der Waals surface area contributed by atoms with Gasteiger partial charge in [0.15, 0.2) is 0 Å². The van der Waals surface area contributed by atoms with Gasteiger partial charge in [0.25, 0.3) is 0 Å². The van der Waals surface area contributed by atoms with Crippen molar-refractivity contribution in [1.82, 2.24) is 4.90 Å². The Kier molecular flexibility index (Phi) is 3.37. The average Bonchev–Trinajstić information content (AvgIpc) is 2.05. The van der Waals surface area contributed by atoms with Crippen LogP contribution in [0.5, 0.6) is 0 Å². The Morgan fingerprint density at radius 3 is 3.00 bits per heavy atom. The van der Waals surface area contributed by atoms with E-state index in [0.717, 1.165) is 24.8 Å². The van der Waals surface area contributed by atoms with Crippen LogP contribution in [0.4, 0.5) is 0 Å². The zero-order valence-electron chi connectivity index (χ0n) is 6.85. The zero-order valence-corrected chi connectivity index (χ0v) is 8.43. The van der Waals surface area contributed by atoms with Crippen molar-refractivity contribution in [2.75, 3.05) is 18.4 Å². The van der Waals surface area contributed by atoms with Gasteiger partial charge in [0.2, 0.25) is 5.91 Å². The van der Waals surface area contributed by atoms with Gasteiger partial charge >= 0.3 is 0 Å². The number of amides is 1. The quantitative estimate of drug-likeness (QED) is 0.615. The van der Waals surface area contributed by atoms with Crippen LogP contribution >= 0.6 is 15.9 Å². The molecule has 0 bridgehead atoms. The first kappa shape index (κ1) is 9.04. The third-order valence-electron chi connectivity index (χ3n) is 2.18. The summed E-state index contributed by atoms with van der Waals surface area (Å²) in [6.07, 6.45) is 2.42. The molecule has 1 amide bonds. The van der Waals surface area contributed by atoms with Crippen molar-refractivity contribution in [3.8, 4) is 0 Å². The Labute approximate surface area is 76.1 Å². The Morgan fingerprint density at radius 1 is 1.73 bits per heavy atom. The highest BCUT2D eigenvalue weighted by Gasteiger charge is 2.19. The van der Waals surface area contributed by atoms with E-state index in [1.807, 2.05) is 4.90 Å². The molecular weight excluding hydrogens is 206 g/mol. The standard InChI is InChI=1S/C8H14BrNO/c1-7(11)10-4-2-3-8(5-9)6-10/h8H,2-6H2,1H3/t8-/m0/s1. The lowest BCUT2D eigenvalue weighted by molar-refractivity contribution is -0.130. The molecule has 64 valence electrons. The fraction of sp³-hybridized carbons (Fsp3) is 0.875. The average molecular weight is 220 g/mol. The summed E-state index contributed by atoms with van der Waals surface area (Å²) in [6, 6.07) is 0. The van der Waals surface area contributed by atoms with E-state index >= 15 is 0 Å². The highest BCUT2D eigenvalue weighted by molar-refractivity contribution is 9.09. The summed E-state index contributed by atoms with van der Waals surface area (Å²) < 4.78 is 0. The van der Waals surface area contributed by atoms with Gasteiger partial charge < -0.3 is 4.90 Å². The van der Waals surface area contributed by atoms with Gasteiger partial charge in [-0.2, -0.15) is 0 Å². The summed E-state index contributed by atoms with van der Waals surface area (Å²) in [5.74, 6) is 0.892. The van der Waals surface area contributed by atoms with Crippen molar-refractivity contribution in [3.05, 3.63) is 0 Å². The monoisotopic (exact) mass is 219 g/mol. The molecule has 0 aromatic carbocycles. The number of rotatable bonds is 1. The van der Waals surface area contributed by atoms with Gasteiger partial charge in [-0.1, -0.05) is 15.9 Å². The highest BCUT2D eigenvalue weighted by atomic mass is 79.9. The molecule has 2 nitrogen and oxygen atoms in total. The SMILES string of the molecule is CC(=O)N1CCC[C@@H](CBr)C1. The van der Waals surface area contributed by atoms with E-state index in [1.165, 1.54) is 6.42 Å². The first-order chi connectivity index (χ1) is 5.24. The fourth-order valence-electron chi connectivity index (χ4n) is 1.48. The third kappa shape index (κ3) is 2.47. The molecule has 1 heterocycles. The lowest BCUT2D eigenvalue weighted by Crippen LogP contribution is -2.38. The molecule has 0 spiro atoms. The number of likely N-dealkylation sites (tertiary alicyclic amines) is 1. The lowest BCUT2D eigenvalue weighted by atomic mass is 10.0. The topological polar surface area (TPSA) is 20.3 Å². The maximum Gasteiger partial charge on any atom is 0.219 e. The van der Waals surface area contributed by atoms with Gasteiger partial charge in [0, 0.05) is 25.3 Å². The first-order valence-electron chi connectivity index (χ1n) is 4.05. The number of halogens is 1. The molecule has 1 atom stereocenters. The van der Waals surface area contributed by atoms with Crippen LogP contribution in [0.15, 0.2) is 0 Å². The first-order valence-corrected chi connectivity index (χ1v) is 5.17. The second-order valence-corrected chi connectivity index (χ2v) is 3.78. The largest absolute Gasteiger partial charge is 0.343 e. The van der Waals surface area contributed by atoms with Crippen molar-refractivity contribution < 1.29 is 4.79 Å². The molecule has 11 heavy (non-hydrogen) atoms. The molecule has 0 aromatic heterocycles. The molecule has 1 aliphatic rings. The summed E-state index contributed by atoms with van der Waals surface area (Å²) in [4.78, 5) is 12.9. The molecule has 0 radical (unpaired) electrons. The number of piperidine rings is 1. The molecule has 1 saturated heterocycles. The molecular formula is C8H14BrNO. The Morgan fingerprint density at radius 2 is 2.45 bits per heavy atom. The minimum absolute atomic E-state index is 0.218. The highest BCUT2D eigenvalue weighted by Crippen LogP contribution is 2.17. The predicted molar refractivity (Wildman–Crippen MR) is 48.8 cm³/mol. The maximum atomic E-state index is 11.0. The molecule has 0 aromatic rings. The zero-order chi connectivity index (χ0) is 8.27. The molecule has 1 aliphatic heterocycles. The minimum atomic E-state index is 0.218. The second kappa shape index (κ2) is 4.10. The number of carbonyl (C=O) groups is 1. The second-order valence-electron chi connectivity index (χ2n) is 3.13. The molecule has 1 rings (SSSR count). The van der Waals surface area contributed by atoms with E-state index in [1.54, 1.807) is 6.92 Å². The molecule has 0 saturated carbocycles. The van der Waals surface area contributed by atoms with Gasteiger partial charge in [-0.05, 0) is 18.8 Å². The van der Waals surface area contributed by atoms with E-state index in [2.05, 4.69) is 15.9 Å². The van der Waals surface area contributed by atoms with Crippen LogP contribution in [-0.4, -0.2) is 29.2 Å². The van der Waals surface area contributed by atoms with E-state index in [9.17, 15) is 4.79 Å². The third-order valence-corrected chi connectivity index (χ3v) is 3.10. The van der Waals surface area contributed by atoms with Crippen LogP contribution in [-0.2, 0) is 4.79 Å². The molecule has 0 N–H and O–H groups in total. The smallest absolute Gasteiger partial charge is 0.219 e. The Bertz CT molecular complexity index is 149. The predicted octanol–water partition coefficient (Wildman–Crippen LogP) is 1.64. The molecule has 0 aliphatic carbocycles. The van der Waals surface area contributed by atoms with Crippen LogP contribution in [0.25, 0.3) is 0 Å². The number of alkyl halides is 1. The molecule has 0 unspecified atom stereocenters. The van der Waals surface area contributed by atoms with E-state index in [4.69, 9.17) is 0 Å². The van der Waals surface area contributed by atoms with Crippen molar-refractivity contribution in [2.45, 2.75) is 19.8 Å². The van der Waals surface area contributed by atoms with E-state index in [-0.39, 0.29) is 5.91 Å². The van der Waals surface area contributed by atoms with Gasteiger partial charge in [-0.3, -0.25) is 4.79 Å². The lowest BCUT2D eigenvalue weighted by Gasteiger charge is -2.30. The molecule has 3 heteroatoms. The van der Waals surface area contributed by atoms with Crippen molar-refractivity contribution in [2.24, 2.45) is 5.92 Å².